The highest BCUT2D eigenvalue weighted by atomic mass is 35.5. The first-order valence-corrected chi connectivity index (χ1v) is 6.48. The van der Waals surface area contributed by atoms with Gasteiger partial charge in [-0.25, -0.2) is 0 Å². The number of hydrogen-bond acceptors (Lipinski definition) is 3. The minimum atomic E-state index is -0.145. The molecule has 17 heavy (non-hydrogen) atoms. The number of hydrogen-bond donors (Lipinski definition) is 3. The molecule has 0 aromatic heterocycles. The van der Waals surface area contributed by atoms with Gasteiger partial charge < -0.3 is 16.2 Å². The summed E-state index contributed by atoms with van der Waals surface area (Å²) in [4.78, 5) is 0. The molecule has 4 N–H and O–H groups in total. The molecule has 2 unspecified atom stereocenters. The molecule has 0 spiro atoms. The molecule has 1 aliphatic rings. The van der Waals surface area contributed by atoms with Gasteiger partial charge in [0.25, 0.3) is 0 Å². The van der Waals surface area contributed by atoms with Crippen LogP contribution >= 0.6 is 23.2 Å². The number of nitrogens with one attached hydrogen (secondary N) is 1. The lowest BCUT2D eigenvalue weighted by Crippen LogP contribution is -2.13. The Hall–Kier alpha value is -0.640. The minimum absolute atomic E-state index is 0.145. The van der Waals surface area contributed by atoms with Gasteiger partial charge in [-0.05, 0) is 37.3 Å². The highest BCUT2D eigenvalue weighted by Gasteiger charge is 2.22. The molecule has 1 aliphatic carbocycles. The molecule has 94 valence electrons. The van der Waals surface area contributed by atoms with Gasteiger partial charge in [-0.2, -0.15) is 0 Å². The third kappa shape index (κ3) is 3.18. The Kier molecular flexibility index (Phi) is 4.02. The van der Waals surface area contributed by atoms with Crippen molar-refractivity contribution in [1.29, 1.82) is 0 Å². The fraction of sp³-hybridized carbons (Fsp3) is 0.500. The van der Waals surface area contributed by atoms with Crippen LogP contribution in [0.1, 0.15) is 19.3 Å². The zero-order valence-corrected chi connectivity index (χ0v) is 10.9. The van der Waals surface area contributed by atoms with Gasteiger partial charge in [-0.1, -0.05) is 23.2 Å². The molecule has 0 bridgehead atoms. The smallest absolute Gasteiger partial charge is 0.0614 e. The van der Waals surface area contributed by atoms with Crippen LogP contribution in [0.2, 0.25) is 10.0 Å². The molecule has 1 aromatic carbocycles. The monoisotopic (exact) mass is 274 g/mol. The molecule has 0 heterocycles. The van der Waals surface area contributed by atoms with Crippen LogP contribution in [0.15, 0.2) is 12.1 Å². The lowest BCUT2D eigenvalue weighted by molar-refractivity contribution is 0.178. The molecule has 0 amide bonds. The fourth-order valence-electron chi connectivity index (χ4n) is 2.20. The molecule has 1 fully saturated rings. The van der Waals surface area contributed by atoms with Gasteiger partial charge in [0.15, 0.2) is 0 Å². The lowest BCUT2D eigenvalue weighted by atomic mass is 10.1. The van der Waals surface area contributed by atoms with Crippen LogP contribution in [0.25, 0.3) is 0 Å². The van der Waals surface area contributed by atoms with E-state index in [0.717, 1.165) is 31.5 Å². The highest BCUT2D eigenvalue weighted by molar-refractivity contribution is 6.42. The van der Waals surface area contributed by atoms with E-state index < -0.39 is 0 Å². The van der Waals surface area contributed by atoms with E-state index >= 15 is 0 Å². The molecule has 1 saturated carbocycles. The van der Waals surface area contributed by atoms with E-state index in [9.17, 15) is 5.11 Å². The molecule has 1 aromatic rings. The number of benzene rings is 1. The lowest BCUT2D eigenvalue weighted by Gasteiger charge is -2.14. The van der Waals surface area contributed by atoms with Crippen molar-refractivity contribution < 1.29 is 5.11 Å². The average molecular weight is 275 g/mol. The van der Waals surface area contributed by atoms with Crippen LogP contribution in [0.5, 0.6) is 0 Å². The highest BCUT2D eigenvalue weighted by Crippen LogP contribution is 2.32. The molecule has 2 rings (SSSR count). The second-order valence-corrected chi connectivity index (χ2v) is 5.38. The van der Waals surface area contributed by atoms with E-state index in [4.69, 9.17) is 28.9 Å². The summed E-state index contributed by atoms with van der Waals surface area (Å²) < 4.78 is 0. The van der Waals surface area contributed by atoms with Crippen molar-refractivity contribution in [3.05, 3.63) is 22.2 Å². The topological polar surface area (TPSA) is 58.3 Å². The SMILES string of the molecule is Nc1cc(Cl)c(Cl)cc1NCC1CCC(O)C1. The van der Waals surface area contributed by atoms with E-state index in [0.29, 0.717) is 21.7 Å². The predicted molar refractivity (Wildman–Crippen MR) is 72.7 cm³/mol. The Morgan fingerprint density at radius 1 is 1.29 bits per heavy atom. The number of aliphatic hydroxyl groups is 1. The number of nitrogen functional groups attached to an aromatic ring is 1. The summed E-state index contributed by atoms with van der Waals surface area (Å²) in [6, 6.07) is 3.39. The second kappa shape index (κ2) is 5.34. The first-order valence-electron chi connectivity index (χ1n) is 5.72. The van der Waals surface area contributed by atoms with Crippen molar-refractivity contribution in [3.63, 3.8) is 0 Å². The number of aliphatic hydroxyl groups excluding tert-OH is 1. The first-order chi connectivity index (χ1) is 8.06. The van der Waals surface area contributed by atoms with Gasteiger partial charge in [-0.3, -0.25) is 0 Å². The largest absolute Gasteiger partial charge is 0.397 e. The predicted octanol–water partition coefficient (Wildman–Crippen LogP) is 3.15. The summed E-state index contributed by atoms with van der Waals surface area (Å²) in [5.41, 5.74) is 7.25. The minimum Gasteiger partial charge on any atom is -0.397 e. The maximum Gasteiger partial charge on any atom is 0.0614 e. The molecule has 0 saturated heterocycles. The Morgan fingerprint density at radius 3 is 2.65 bits per heavy atom. The zero-order chi connectivity index (χ0) is 12.4. The summed E-state index contributed by atoms with van der Waals surface area (Å²) in [5.74, 6) is 0.499. The van der Waals surface area contributed by atoms with Crippen molar-refractivity contribution in [3.8, 4) is 0 Å². The Balaban J connectivity index is 1.97. The molecule has 0 aliphatic heterocycles. The summed E-state index contributed by atoms with van der Waals surface area (Å²) in [7, 11) is 0. The molecule has 5 heteroatoms. The third-order valence-corrected chi connectivity index (χ3v) is 3.91. The van der Waals surface area contributed by atoms with E-state index in [-0.39, 0.29) is 6.10 Å². The van der Waals surface area contributed by atoms with Crippen molar-refractivity contribution in [2.24, 2.45) is 5.92 Å². The number of anilines is 2. The molecular formula is C12H16Cl2N2O. The fourth-order valence-corrected chi connectivity index (χ4v) is 2.54. The maximum atomic E-state index is 9.44. The van der Waals surface area contributed by atoms with Gasteiger partial charge in [-0.15, -0.1) is 0 Å². The van der Waals surface area contributed by atoms with Gasteiger partial charge in [0.2, 0.25) is 0 Å². The maximum absolute atomic E-state index is 9.44. The van der Waals surface area contributed by atoms with Gasteiger partial charge >= 0.3 is 0 Å². The van der Waals surface area contributed by atoms with Crippen LogP contribution in [0.4, 0.5) is 11.4 Å². The Bertz CT molecular complexity index is 412. The van der Waals surface area contributed by atoms with Gasteiger partial charge in [0.05, 0.1) is 27.5 Å². The van der Waals surface area contributed by atoms with E-state index in [1.54, 1.807) is 12.1 Å². The molecule has 0 radical (unpaired) electrons. The van der Waals surface area contributed by atoms with Crippen LogP contribution in [-0.4, -0.2) is 17.8 Å². The second-order valence-electron chi connectivity index (χ2n) is 4.57. The van der Waals surface area contributed by atoms with E-state index in [1.807, 2.05) is 0 Å². The van der Waals surface area contributed by atoms with Crippen molar-refractivity contribution >= 4 is 34.6 Å². The van der Waals surface area contributed by atoms with Crippen molar-refractivity contribution in [2.75, 3.05) is 17.6 Å². The third-order valence-electron chi connectivity index (χ3n) is 3.19. The van der Waals surface area contributed by atoms with E-state index in [2.05, 4.69) is 5.32 Å². The van der Waals surface area contributed by atoms with Crippen LogP contribution in [0, 0.1) is 5.92 Å². The number of nitrogens with two attached hydrogens (primary N) is 1. The Labute approximate surface area is 111 Å². The molecular weight excluding hydrogens is 259 g/mol. The number of halogens is 2. The zero-order valence-electron chi connectivity index (χ0n) is 9.42. The van der Waals surface area contributed by atoms with Crippen LogP contribution in [-0.2, 0) is 0 Å². The normalized spacial score (nSPS) is 23.9. The summed E-state index contributed by atoms with van der Waals surface area (Å²) in [6.45, 7) is 0.805. The average Bonchev–Trinajstić information content (AvgIpc) is 2.68. The number of rotatable bonds is 3. The van der Waals surface area contributed by atoms with Crippen LogP contribution in [0.3, 0.4) is 0 Å². The summed E-state index contributed by atoms with van der Waals surface area (Å²) in [6.07, 6.45) is 2.65. The van der Waals surface area contributed by atoms with Crippen molar-refractivity contribution in [2.45, 2.75) is 25.4 Å². The summed E-state index contributed by atoms with van der Waals surface area (Å²) in [5, 5.41) is 13.7. The Morgan fingerprint density at radius 2 is 2.00 bits per heavy atom. The van der Waals surface area contributed by atoms with Crippen molar-refractivity contribution in [1.82, 2.24) is 0 Å². The molecule has 3 nitrogen and oxygen atoms in total. The first kappa shape index (κ1) is 12.8. The van der Waals surface area contributed by atoms with Crippen LogP contribution < -0.4 is 11.1 Å². The van der Waals surface area contributed by atoms with Gasteiger partial charge in [0, 0.05) is 6.54 Å². The molecule has 2 atom stereocenters. The quantitative estimate of drug-likeness (QED) is 0.743. The standard InChI is InChI=1S/C12H16Cl2N2O/c13-9-4-11(15)12(5-10(9)14)16-6-7-1-2-8(17)3-7/h4-5,7-8,16-17H,1-3,6,15H2. The summed E-state index contributed by atoms with van der Waals surface area (Å²) >= 11 is 11.8. The van der Waals surface area contributed by atoms with E-state index in [1.165, 1.54) is 0 Å². The van der Waals surface area contributed by atoms with Gasteiger partial charge in [0.1, 0.15) is 0 Å².